The number of nitrogens with zero attached hydrogens (tertiary/aromatic N) is 3. The number of benzene rings is 6. The highest BCUT2D eigenvalue weighted by Gasteiger charge is 2.37. The SMILES string of the molecule is C1=CC2C=C(C3=CC4c5ccccc5-c5cc(-c6ccc(-c7nc8ccccc8c8c9c(c%10ccccc%10c78)C=CCC9)cc6)ccc5C4C=C3)C3=C(N=CCC3)C2N=C1. The number of allylic oxidation sites excluding steroid dienone is 8. The molecule has 0 fully saturated rings. The first-order valence-corrected chi connectivity index (χ1v) is 21.6. The zero-order valence-corrected chi connectivity index (χ0v) is 33.2. The molecular weight excluding hydrogens is 727 g/mol. The summed E-state index contributed by atoms with van der Waals surface area (Å²) in [6.45, 7) is 0. The minimum atomic E-state index is 0.0950. The molecule has 0 spiro atoms. The van der Waals surface area contributed by atoms with Crippen LogP contribution in [0.4, 0.5) is 0 Å². The number of para-hydroxylation sites is 1. The van der Waals surface area contributed by atoms with E-state index in [4.69, 9.17) is 15.0 Å². The van der Waals surface area contributed by atoms with E-state index in [1.54, 1.807) is 0 Å². The lowest BCUT2D eigenvalue weighted by atomic mass is 9.67. The first-order chi connectivity index (χ1) is 29.8. The molecule has 0 bridgehead atoms. The van der Waals surface area contributed by atoms with Crippen LogP contribution in [0.25, 0.3) is 72.0 Å². The Morgan fingerprint density at radius 2 is 1.40 bits per heavy atom. The van der Waals surface area contributed by atoms with E-state index >= 15 is 0 Å². The fraction of sp³-hybridized carbons (Fsp3) is 0.140. The van der Waals surface area contributed by atoms with Crippen LogP contribution in [0.15, 0.2) is 190 Å². The third kappa shape index (κ3) is 5.05. The number of pyridine rings is 1. The monoisotopic (exact) mass is 767 g/mol. The third-order valence-corrected chi connectivity index (χ3v) is 14.0. The number of aliphatic imine (C=N–C) groups is 2. The number of dihydropyridines is 1. The van der Waals surface area contributed by atoms with Gasteiger partial charge in [-0.25, -0.2) is 4.98 Å². The molecule has 4 unspecified atom stereocenters. The molecular formula is C57H41N3. The van der Waals surface area contributed by atoms with Crippen molar-refractivity contribution in [1.82, 2.24) is 4.98 Å². The molecule has 284 valence electrons. The maximum atomic E-state index is 5.42. The van der Waals surface area contributed by atoms with Crippen molar-refractivity contribution in [3.05, 3.63) is 202 Å². The minimum absolute atomic E-state index is 0.0950. The Morgan fingerprint density at radius 1 is 0.600 bits per heavy atom. The fourth-order valence-electron chi connectivity index (χ4n) is 11.3. The number of aromatic nitrogens is 1. The van der Waals surface area contributed by atoms with Gasteiger partial charge in [0.2, 0.25) is 0 Å². The molecule has 0 amide bonds. The van der Waals surface area contributed by atoms with Crippen LogP contribution in [0.5, 0.6) is 0 Å². The van der Waals surface area contributed by atoms with E-state index in [0.717, 1.165) is 48.2 Å². The summed E-state index contributed by atoms with van der Waals surface area (Å²) < 4.78 is 0. The summed E-state index contributed by atoms with van der Waals surface area (Å²) in [4.78, 5) is 15.2. The fourth-order valence-corrected chi connectivity index (χ4v) is 11.3. The molecule has 6 aromatic carbocycles. The maximum absolute atomic E-state index is 5.42. The largest absolute Gasteiger partial charge is 0.283 e. The van der Waals surface area contributed by atoms with Crippen LogP contribution in [-0.2, 0) is 6.42 Å². The first-order valence-electron chi connectivity index (χ1n) is 21.6. The lowest BCUT2D eigenvalue weighted by Gasteiger charge is -2.37. The van der Waals surface area contributed by atoms with Crippen molar-refractivity contribution in [3.8, 4) is 33.5 Å². The molecule has 3 nitrogen and oxygen atoms in total. The van der Waals surface area contributed by atoms with Crippen molar-refractivity contribution in [1.29, 1.82) is 0 Å². The number of aryl methyl sites for hydroxylation is 1. The van der Waals surface area contributed by atoms with Gasteiger partial charge in [0, 0.05) is 46.5 Å². The van der Waals surface area contributed by atoms with E-state index in [0.29, 0.717) is 0 Å². The molecule has 13 rings (SSSR count). The van der Waals surface area contributed by atoms with Crippen LogP contribution in [0.2, 0.25) is 0 Å². The summed E-state index contributed by atoms with van der Waals surface area (Å²) in [5.74, 6) is 0.770. The van der Waals surface area contributed by atoms with Gasteiger partial charge in [-0.2, -0.15) is 0 Å². The summed E-state index contributed by atoms with van der Waals surface area (Å²) >= 11 is 0. The molecule has 6 aliphatic rings. The molecule has 0 saturated heterocycles. The van der Waals surface area contributed by atoms with Crippen molar-refractivity contribution >= 4 is 51.0 Å². The Kier molecular flexibility index (Phi) is 7.51. The molecule has 0 saturated carbocycles. The summed E-state index contributed by atoms with van der Waals surface area (Å²) in [6.07, 6.45) is 27.0. The Labute approximate surface area is 350 Å². The second-order valence-corrected chi connectivity index (χ2v) is 17.1. The second kappa shape index (κ2) is 13.3. The number of hydrogen-bond acceptors (Lipinski definition) is 3. The zero-order chi connectivity index (χ0) is 39.3. The number of hydrogen-bond donors (Lipinski definition) is 0. The van der Waals surface area contributed by atoms with Crippen molar-refractivity contribution < 1.29 is 0 Å². The summed E-state index contributed by atoms with van der Waals surface area (Å²) in [5, 5.41) is 6.43. The summed E-state index contributed by atoms with van der Waals surface area (Å²) in [7, 11) is 0. The molecule has 0 radical (unpaired) electrons. The van der Waals surface area contributed by atoms with Gasteiger partial charge in [-0.3, -0.25) is 9.98 Å². The summed E-state index contributed by atoms with van der Waals surface area (Å²) in [6, 6.07) is 43.1. The smallest absolute Gasteiger partial charge is 0.102 e. The predicted molar refractivity (Wildman–Crippen MR) is 251 cm³/mol. The standard InChI is InChI=1S/C57H41N3/c1-2-15-42-41(14-1)50-31-36(25-27-43(50)44-28-26-37(32-51(42)44)49-33-38-11-9-29-58-56(38)57-47(49)19-10-30-59-57)34-21-23-35(24-22-34)55-54-46-17-6-4-13-40(46)39-12-3-5-16-45(39)53(54)48-18-7-8-20-52(48)60-55/h1-4,6-9,11-15,17-18,20-33,38,44,51,56H,5,10,16,19H2. The molecule has 1 aromatic heterocycles. The van der Waals surface area contributed by atoms with E-state index in [1.165, 1.54) is 88.2 Å². The van der Waals surface area contributed by atoms with Crippen LogP contribution in [0.1, 0.15) is 53.4 Å². The van der Waals surface area contributed by atoms with Gasteiger partial charge >= 0.3 is 0 Å². The molecule has 60 heavy (non-hydrogen) atoms. The van der Waals surface area contributed by atoms with E-state index in [1.807, 2.05) is 6.21 Å². The molecule has 7 aromatic rings. The molecule has 3 heteroatoms. The van der Waals surface area contributed by atoms with E-state index < -0.39 is 0 Å². The van der Waals surface area contributed by atoms with Crippen LogP contribution in [0, 0.1) is 5.92 Å². The zero-order valence-electron chi connectivity index (χ0n) is 33.2. The van der Waals surface area contributed by atoms with Gasteiger partial charge < -0.3 is 0 Å². The molecule has 4 aliphatic carbocycles. The van der Waals surface area contributed by atoms with Crippen molar-refractivity contribution in [3.63, 3.8) is 0 Å². The van der Waals surface area contributed by atoms with Gasteiger partial charge in [0.25, 0.3) is 0 Å². The van der Waals surface area contributed by atoms with Crippen molar-refractivity contribution in [2.24, 2.45) is 15.9 Å². The highest BCUT2D eigenvalue weighted by atomic mass is 14.9. The average molecular weight is 768 g/mol. The molecule has 3 heterocycles. The average Bonchev–Trinajstić information content (AvgIpc) is 3.33. The van der Waals surface area contributed by atoms with Gasteiger partial charge in [0.15, 0.2) is 0 Å². The lowest BCUT2D eigenvalue weighted by Crippen LogP contribution is -2.27. The van der Waals surface area contributed by atoms with Crippen molar-refractivity contribution in [2.75, 3.05) is 0 Å². The van der Waals surface area contributed by atoms with Gasteiger partial charge in [-0.05, 0) is 121 Å². The highest BCUT2D eigenvalue weighted by molar-refractivity contribution is 6.24. The summed E-state index contributed by atoms with van der Waals surface area (Å²) in [5.41, 5.74) is 19.1. The van der Waals surface area contributed by atoms with Gasteiger partial charge in [0.1, 0.15) is 6.04 Å². The number of fused-ring (bicyclic) bond motifs is 16. The first kappa shape index (κ1) is 33.9. The predicted octanol–water partition coefficient (Wildman–Crippen LogP) is 13.9. The Balaban J connectivity index is 0.890. The minimum Gasteiger partial charge on any atom is -0.283 e. The van der Waals surface area contributed by atoms with Crippen LogP contribution >= 0.6 is 0 Å². The van der Waals surface area contributed by atoms with Gasteiger partial charge in [0.05, 0.1) is 16.9 Å². The number of rotatable bonds is 3. The second-order valence-electron chi connectivity index (χ2n) is 17.1. The molecule has 2 aliphatic heterocycles. The van der Waals surface area contributed by atoms with E-state index in [-0.39, 0.29) is 23.8 Å². The lowest BCUT2D eigenvalue weighted by molar-refractivity contribution is 0.620. The van der Waals surface area contributed by atoms with Crippen molar-refractivity contribution in [2.45, 2.75) is 43.6 Å². The van der Waals surface area contributed by atoms with Gasteiger partial charge in [-0.1, -0.05) is 146 Å². The molecule has 0 N–H and O–H groups in total. The highest BCUT2D eigenvalue weighted by Crippen LogP contribution is 2.53. The third-order valence-electron chi connectivity index (χ3n) is 14.0. The topological polar surface area (TPSA) is 37.6 Å². The van der Waals surface area contributed by atoms with Gasteiger partial charge in [-0.15, -0.1) is 0 Å². The van der Waals surface area contributed by atoms with E-state index in [2.05, 4.69) is 170 Å². The van der Waals surface area contributed by atoms with Crippen LogP contribution < -0.4 is 0 Å². The van der Waals surface area contributed by atoms with Crippen LogP contribution in [-0.4, -0.2) is 23.5 Å². The molecule has 4 atom stereocenters. The van der Waals surface area contributed by atoms with E-state index in [9.17, 15) is 0 Å². The quantitative estimate of drug-likeness (QED) is 0.165. The maximum Gasteiger partial charge on any atom is 0.102 e. The Morgan fingerprint density at radius 3 is 2.33 bits per heavy atom. The van der Waals surface area contributed by atoms with Crippen LogP contribution in [0.3, 0.4) is 0 Å². The Hall–Kier alpha value is -6.97. The Bertz CT molecular complexity index is 3270. The normalized spacial score (nSPS) is 21.9.